The number of nitrogens with zero attached hydrogens (tertiary/aromatic N) is 5. The molecule has 7 nitrogen and oxygen atoms in total. The van der Waals surface area contributed by atoms with Crippen LogP contribution >= 0.6 is 0 Å². The number of fused-ring (bicyclic) bond motifs is 1. The summed E-state index contributed by atoms with van der Waals surface area (Å²) in [6, 6.07) is 10.3. The number of likely N-dealkylation sites (tertiary alicyclic amines) is 1. The number of anilines is 1. The van der Waals surface area contributed by atoms with Gasteiger partial charge in [0.1, 0.15) is 11.6 Å². The fourth-order valence-corrected chi connectivity index (χ4v) is 4.05. The maximum Gasteiger partial charge on any atom is 0.255 e. The molecular formula is C21H26N6O. The van der Waals surface area contributed by atoms with E-state index >= 15 is 0 Å². The second-order valence-corrected chi connectivity index (χ2v) is 7.59. The van der Waals surface area contributed by atoms with Gasteiger partial charge in [0.15, 0.2) is 0 Å². The van der Waals surface area contributed by atoms with Gasteiger partial charge < -0.3 is 14.8 Å². The van der Waals surface area contributed by atoms with Gasteiger partial charge in [-0.1, -0.05) is 12.1 Å². The van der Waals surface area contributed by atoms with Gasteiger partial charge in [-0.25, -0.2) is 4.98 Å². The van der Waals surface area contributed by atoms with E-state index in [9.17, 15) is 4.79 Å². The van der Waals surface area contributed by atoms with Crippen LogP contribution in [0.15, 0.2) is 36.5 Å². The van der Waals surface area contributed by atoms with E-state index in [1.807, 2.05) is 11.0 Å². The van der Waals surface area contributed by atoms with Crippen LogP contribution in [0, 0.1) is 0 Å². The van der Waals surface area contributed by atoms with Crippen LogP contribution < -0.4 is 5.32 Å². The predicted octanol–water partition coefficient (Wildman–Crippen LogP) is 3.47. The molecule has 1 aromatic carbocycles. The minimum Gasteiger partial charge on any atom is -0.372 e. The number of piperidine rings is 1. The van der Waals surface area contributed by atoms with Crippen molar-refractivity contribution in [1.82, 2.24) is 24.6 Å². The Bertz CT molecular complexity index is 995. The highest BCUT2D eigenvalue weighted by Gasteiger charge is 2.29. The molecule has 1 atom stereocenters. The van der Waals surface area contributed by atoms with Gasteiger partial charge in [-0.2, -0.15) is 5.10 Å². The zero-order chi connectivity index (χ0) is 19.7. The minimum atomic E-state index is 0.00306. The summed E-state index contributed by atoms with van der Waals surface area (Å²) in [7, 11) is 1.77. The molecule has 1 aliphatic rings. The van der Waals surface area contributed by atoms with Crippen LogP contribution in [-0.2, 0) is 0 Å². The summed E-state index contributed by atoms with van der Waals surface area (Å²) in [5.41, 5.74) is 2.75. The molecule has 0 saturated carbocycles. The van der Waals surface area contributed by atoms with Gasteiger partial charge in [0.2, 0.25) is 0 Å². The van der Waals surface area contributed by atoms with E-state index in [0.29, 0.717) is 24.0 Å². The van der Waals surface area contributed by atoms with E-state index in [4.69, 9.17) is 4.98 Å². The molecule has 4 rings (SSSR count). The van der Waals surface area contributed by atoms with E-state index < -0.39 is 0 Å². The van der Waals surface area contributed by atoms with E-state index in [0.717, 1.165) is 36.2 Å². The average Bonchev–Trinajstić information content (AvgIpc) is 3.13. The molecule has 7 heteroatoms. The number of para-hydroxylation sites is 2. The molecule has 3 aromatic rings. The van der Waals surface area contributed by atoms with Crippen LogP contribution in [0.4, 0.5) is 5.82 Å². The zero-order valence-corrected chi connectivity index (χ0v) is 16.6. The number of amides is 1. The predicted molar refractivity (Wildman–Crippen MR) is 110 cm³/mol. The Morgan fingerprint density at radius 2 is 2.11 bits per heavy atom. The van der Waals surface area contributed by atoms with Crippen molar-refractivity contribution in [3.8, 4) is 0 Å². The summed E-state index contributed by atoms with van der Waals surface area (Å²) < 4.78 is 2.32. The van der Waals surface area contributed by atoms with Crippen LogP contribution in [0.25, 0.3) is 11.0 Å². The summed E-state index contributed by atoms with van der Waals surface area (Å²) in [6.07, 6.45) is 3.54. The summed E-state index contributed by atoms with van der Waals surface area (Å²) in [4.78, 5) is 19.9. The number of nitrogens with one attached hydrogen (secondary N) is 1. The Morgan fingerprint density at radius 3 is 2.89 bits per heavy atom. The molecule has 146 valence electrons. The fraction of sp³-hybridized carbons (Fsp3) is 0.429. The van der Waals surface area contributed by atoms with Gasteiger partial charge in [-0.05, 0) is 44.9 Å². The van der Waals surface area contributed by atoms with Crippen LogP contribution in [0.1, 0.15) is 54.8 Å². The maximum absolute atomic E-state index is 13.0. The maximum atomic E-state index is 13.0. The van der Waals surface area contributed by atoms with Crippen molar-refractivity contribution in [1.29, 1.82) is 0 Å². The first kappa shape index (κ1) is 18.4. The smallest absolute Gasteiger partial charge is 0.255 e. The second-order valence-electron chi connectivity index (χ2n) is 7.59. The first-order valence-corrected chi connectivity index (χ1v) is 9.85. The lowest BCUT2D eigenvalue weighted by Crippen LogP contribution is -2.40. The lowest BCUT2D eigenvalue weighted by atomic mass is 9.96. The highest BCUT2D eigenvalue weighted by atomic mass is 16.2. The largest absolute Gasteiger partial charge is 0.372 e. The molecule has 28 heavy (non-hydrogen) atoms. The molecule has 1 unspecified atom stereocenters. The van der Waals surface area contributed by atoms with E-state index in [1.165, 1.54) is 6.20 Å². The standard InChI is InChI=1S/C21H26N6O/c1-14(2)27-18-9-5-4-8-17(18)24-20(27)15-7-6-10-26(13-15)21(28)16-11-19(22-3)25-23-12-16/h4-5,8-9,11-12,14-15H,6-7,10,13H2,1-3H3,(H,22,25). The summed E-state index contributed by atoms with van der Waals surface area (Å²) in [5.74, 6) is 1.91. The highest BCUT2D eigenvalue weighted by Crippen LogP contribution is 2.32. The molecule has 1 fully saturated rings. The second kappa shape index (κ2) is 7.58. The highest BCUT2D eigenvalue weighted by molar-refractivity contribution is 5.94. The Hall–Kier alpha value is -2.96. The van der Waals surface area contributed by atoms with E-state index in [-0.39, 0.29) is 11.8 Å². The van der Waals surface area contributed by atoms with Gasteiger partial charge >= 0.3 is 0 Å². The summed E-state index contributed by atoms with van der Waals surface area (Å²) in [5, 5.41) is 10.8. The Labute approximate surface area is 164 Å². The fourth-order valence-electron chi connectivity index (χ4n) is 4.05. The number of aromatic nitrogens is 4. The molecule has 1 N–H and O–H groups in total. The third-order valence-electron chi connectivity index (χ3n) is 5.37. The van der Waals surface area contributed by atoms with Gasteiger partial charge in [-0.15, -0.1) is 5.10 Å². The molecule has 1 amide bonds. The zero-order valence-electron chi connectivity index (χ0n) is 16.6. The topological polar surface area (TPSA) is 75.9 Å². The molecule has 0 radical (unpaired) electrons. The molecule has 0 bridgehead atoms. The lowest BCUT2D eigenvalue weighted by molar-refractivity contribution is 0.0702. The third-order valence-corrected chi connectivity index (χ3v) is 5.37. The quantitative estimate of drug-likeness (QED) is 0.752. The average molecular weight is 378 g/mol. The van der Waals surface area contributed by atoms with Gasteiger partial charge in [0, 0.05) is 32.1 Å². The molecule has 3 heterocycles. The van der Waals surface area contributed by atoms with Crippen LogP contribution in [0.5, 0.6) is 0 Å². The van der Waals surface area contributed by atoms with Crippen molar-refractivity contribution >= 4 is 22.8 Å². The molecule has 0 aliphatic carbocycles. The van der Waals surface area contributed by atoms with Crippen LogP contribution in [-0.4, -0.2) is 50.7 Å². The van der Waals surface area contributed by atoms with Crippen molar-refractivity contribution in [2.75, 3.05) is 25.5 Å². The molecule has 1 saturated heterocycles. The number of benzene rings is 1. The Balaban J connectivity index is 1.63. The number of hydrogen-bond acceptors (Lipinski definition) is 5. The monoisotopic (exact) mass is 378 g/mol. The number of rotatable bonds is 4. The van der Waals surface area contributed by atoms with Gasteiger partial charge in [-0.3, -0.25) is 4.79 Å². The number of carbonyl (C=O) groups is 1. The first-order valence-electron chi connectivity index (χ1n) is 9.85. The normalized spacial score (nSPS) is 17.3. The molecular weight excluding hydrogens is 352 g/mol. The van der Waals surface area contributed by atoms with Crippen molar-refractivity contribution < 1.29 is 4.79 Å². The Morgan fingerprint density at radius 1 is 1.29 bits per heavy atom. The molecule has 0 spiro atoms. The van der Waals surface area contributed by atoms with Crippen LogP contribution in [0.3, 0.4) is 0 Å². The van der Waals surface area contributed by atoms with Crippen LogP contribution in [0.2, 0.25) is 0 Å². The van der Waals surface area contributed by atoms with E-state index in [2.05, 4.69) is 52.1 Å². The number of carbonyl (C=O) groups excluding carboxylic acids is 1. The molecule has 2 aromatic heterocycles. The summed E-state index contributed by atoms with van der Waals surface area (Å²) in [6.45, 7) is 5.80. The van der Waals surface area contributed by atoms with Crippen molar-refractivity contribution in [3.63, 3.8) is 0 Å². The first-order chi connectivity index (χ1) is 13.6. The SMILES string of the molecule is CNc1cc(C(=O)N2CCCC(c3nc4ccccc4n3C(C)C)C2)cnn1. The lowest BCUT2D eigenvalue weighted by Gasteiger charge is -2.33. The summed E-state index contributed by atoms with van der Waals surface area (Å²) >= 11 is 0. The minimum absolute atomic E-state index is 0.00306. The Kier molecular flexibility index (Phi) is 4.98. The van der Waals surface area contributed by atoms with Crippen molar-refractivity contribution in [2.45, 2.75) is 38.6 Å². The van der Waals surface area contributed by atoms with Gasteiger partial charge in [0.05, 0.1) is 22.8 Å². The van der Waals surface area contributed by atoms with Gasteiger partial charge in [0.25, 0.3) is 5.91 Å². The van der Waals surface area contributed by atoms with Crippen molar-refractivity contribution in [2.24, 2.45) is 0 Å². The number of hydrogen-bond donors (Lipinski definition) is 1. The number of imidazole rings is 1. The molecule has 1 aliphatic heterocycles. The van der Waals surface area contributed by atoms with E-state index in [1.54, 1.807) is 13.1 Å². The van der Waals surface area contributed by atoms with Crippen molar-refractivity contribution in [3.05, 3.63) is 47.9 Å². The third kappa shape index (κ3) is 3.32.